The molecule has 1 aliphatic carbocycles. The molecule has 8 heteroatoms. The number of nitrogens with one attached hydrogen (secondary N) is 1. The Kier molecular flexibility index (Phi) is 4.06. The van der Waals surface area contributed by atoms with Crippen LogP contribution in [0.25, 0.3) is 0 Å². The Morgan fingerprint density at radius 1 is 1.48 bits per heavy atom. The molecule has 112 valence electrons. The number of carbonyl (C=O) groups is 2. The minimum absolute atomic E-state index is 0.0648. The SMILES string of the molecule is CN(CC(=O)NC1CC1)c1cc(C(=O)O)ccc1[N+](=O)[O-]. The zero-order valence-electron chi connectivity index (χ0n) is 11.4. The van der Waals surface area contributed by atoms with E-state index in [1.165, 1.54) is 24.1 Å². The second kappa shape index (κ2) is 5.78. The van der Waals surface area contributed by atoms with E-state index < -0.39 is 10.9 Å². The molecular weight excluding hydrogens is 278 g/mol. The summed E-state index contributed by atoms with van der Waals surface area (Å²) in [4.78, 5) is 34.5. The lowest BCUT2D eigenvalue weighted by Crippen LogP contribution is -2.36. The summed E-state index contributed by atoms with van der Waals surface area (Å²) in [5.74, 6) is -1.42. The molecule has 0 bridgehead atoms. The number of carboxylic acid groups (broad SMARTS) is 1. The fourth-order valence-corrected chi connectivity index (χ4v) is 1.92. The van der Waals surface area contributed by atoms with Crippen molar-refractivity contribution in [2.75, 3.05) is 18.5 Å². The van der Waals surface area contributed by atoms with Crippen molar-refractivity contribution < 1.29 is 19.6 Å². The highest BCUT2D eigenvalue weighted by atomic mass is 16.6. The first kappa shape index (κ1) is 14.8. The first-order valence-corrected chi connectivity index (χ1v) is 6.40. The standard InChI is InChI=1S/C13H15N3O5/c1-15(7-12(17)14-9-3-4-9)11-6-8(13(18)19)2-5-10(11)16(20)21/h2,5-6,9H,3-4,7H2,1H3,(H,14,17)(H,18,19). The lowest BCUT2D eigenvalue weighted by molar-refractivity contribution is -0.384. The van der Waals surface area contributed by atoms with E-state index >= 15 is 0 Å². The van der Waals surface area contributed by atoms with Gasteiger partial charge < -0.3 is 15.3 Å². The van der Waals surface area contributed by atoms with Crippen LogP contribution in [0.3, 0.4) is 0 Å². The van der Waals surface area contributed by atoms with Crippen LogP contribution in [0.2, 0.25) is 0 Å². The predicted octanol–water partition coefficient (Wildman–Crippen LogP) is 1.01. The first-order valence-electron chi connectivity index (χ1n) is 6.40. The van der Waals surface area contributed by atoms with Crippen molar-refractivity contribution in [3.63, 3.8) is 0 Å². The van der Waals surface area contributed by atoms with Gasteiger partial charge in [0.05, 0.1) is 17.0 Å². The van der Waals surface area contributed by atoms with Crippen LogP contribution in [-0.2, 0) is 4.79 Å². The van der Waals surface area contributed by atoms with Crippen molar-refractivity contribution in [3.05, 3.63) is 33.9 Å². The Morgan fingerprint density at radius 3 is 2.67 bits per heavy atom. The Bertz CT molecular complexity index is 597. The molecule has 2 rings (SSSR count). The first-order chi connectivity index (χ1) is 9.88. The number of aromatic carboxylic acids is 1. The summed E-state index contributed by atoms with van der Waals surface area (Å²) >= 11 is 0. The van der Waals surface area contributed by atoms with E-state index in [4.69, 9.17) is 5.11 Å². The number of anilines is 1. The molecule has 21 heavy (non-hydrogen) atoms. The highest BCUT2D eigenvalue weighted by Gasteiger charge is 2.25. The molecule has 1 fully saturated rings. The molecule has 0 aromatic heterocycles. The number of hydrogen-bond donors (Lipinski definition) is 2. The van der Waals surface area contributed by atoms with Gasteiger partial charge in [0.25, 0.3) is 5.69 Å². The normalized spacial score (nSPS) is 13.6. The van der Waals surface area contributed by atoms with Gasteiger partial charge in [-0.2, -0.15) is 0 Å². The van der Waals surface area contributed by atoms with E-state index in [1.807, 2.05) is 0 Å². The third kappa shape index (κ3) is 3.68. The minimum atomic E-state index is -1.18. The van der Waals surface area contributed by atoms with Crippen LogP contribution in [0.15, 0.2) is 18.2 Å². The third-order valence-corrected chi connectivity index (χ3v) is 3.15. The fraction of sp³-hybridized carbons (Fsp3) is 0.385. The maximum absolute atomic E-state index is 11.7. The maximum Gasteiger partial charge on any atom is 0.335 e. The largest absolute Gasteiger partial charge is 0.478 e. The van der Waals surface area contributed by atoms with Gasteiger partial charge in [0.1, 0.15) is 5.69 Å². The van der Waals surface area contributed by atoms with Crippen LogP contribution < -0.4 is 10.2 Å². The number of amides is 1. The van der Waals surface area contributed by atoms with Crippen LogP contribution in [0.1, 0.15) is 23.2 Å². The number of nitrogens with zero attached hydrogens (tertiary/aromatic N) is 2. The van der Waals surface area contributed by atoms with E-state index in [2.05, 4.69) is 5.32 Å². The van der Waals surface area contributed by atoms with Crippen molar-refractivity contribution in [1.29, 1.82) is 0 Å². The smallest absolute Gasteiger partial charge is 0.335 e. The average Bonchev–Trinajstić information content (AvgIpc) is 3.21. The Hall–Kier alpha value is -2.64. The van der Waals surface area contributed by atoms with Gasteiger partial charge in [-0.05, 0) is 25.0 Å². The van der Waals surface area contributed by atoms with Crippen LogP contribution in [0.4, 0.5) is 11.4 Å². The van der Waals surface area contributed by atoms with E-state index in [0.717, 1.165) is 18.9 Å². The number of hydrogen-bond acceptors (Lipinski definition) is 5. The van der Waals surface area contributed by atoms with Gasteiger partial charge in [0, 0.05) is 19.2 Å². The molecule has 8 nitrogen and oxygen atoms in total. The molecule has 0 atom stereocenters. The monoisotopic (exact) mass is 293 g/mol. The van der Waals surface area contributed by atoms with Crippen LogP contribution in [0, 0.1) is 10.1 Å². The zero-order chi connectivity index (χ0) is 15.6. The second-order valence-corrected chi connectivity index (χ2v) is 4.96. The van der Waals surface area contributed by atoms with Crippen LogP contribution in [0.5, 0.6) is 0 Å². The molecule has 1 aromatic carbocycles. The van der Waals surface area contributed by atoms with Crippen molar-refractivity contribution >= 4 is 23.3 Å². The number of carboxylic acids is 1. The van der Waals surface area contributed by atoms with E-state index in [0.29, 0.717) is 0 Å². The van der Waals surface area contributed by atoms with Crippen LogP contribution in [-0.4, -0.2) is 41.5 Å². The highest BCUT2D eigenvalue weighted by Crippen LogP contribution is 2.28. The van der Waals surface area contributed by atoms with Crippen molar-refractivity contribution in [3.8, 4) is 0 Å². The molecule has 0 aliphatic heterocycles. The molecule has 1 amide bonds. The summed E-state index contributed by atoms with van der Waals surface area (Å²) in [7, 11) is 1.51. The third-order valence-electron chi connectivity index (χ3n) is 3.15. The molecule has 0 unspecified atom stereocenters. The molecular formula is C13H15N3O5. The van der Waals surface area contributed by atoms with Gasteiger partial charge in [0.2, 0.25) is 5.91 Å². The van der Waals surface area contributed by atoms with Crippen molar-refractivity contribution in [2.45, 2.75) is 18.9 Å². The predicted molar refractivity (Wildman–Crippen MR) is 74.5 cm³/mol. The molecule has 0 heterocycles. The minimum Gasteiger partial charge on any atom is -0.478 e. The van der Waals surface area contributed by atoms with Crippen LogP contribution >= 0.6 is 0 Å². The maximum atomic E-state index is 11.7. The van der Waals surface area contributed by atoms with E-state index in [-0.39, 0.29) is 35.4 Å². The number of benzene rings is 1. The van der Waals surface area contributed by atoms with Gasteiger partial charge in [-0.25, -0.2) is 4.79 Å². The number of nitro groups is 1. The van der Waals surface area contributed by atoms with E-state index in [1.54, 1.807) is 0 Å². The average molecular weight is 293 g/mol. The van der Waals surface area contributed by atoms with E-state index in [9.17, 15) is 19.7 Å². The van der Waals surface area contributed by atoms with Crippen molar-refractivity contribution in [1.82, 2.24) is 5.32 Å². The van der Waals surface area contributed by atoms with Gasteiger partial charge in [-0.1, -0.05) is 0 Å². The quantitative estimate of drug-likeness (QED) is 0.597. The molecule has 1 saturated carbocycles. The topological polar surface area (TPSA) is 113 Å². The zero-order valence-corrected chi connectivity index (χ0v) is 11.4. The summed E-state index contributed by atoms with van der Waals surface area (Å²) in [6.45, 7) is -0.0690. The fourth-order valence-electron chi connectivity index (χ4n) is 1.92. The van der Waals surface area contributed by atoms with Gasteiger partial charge in [-0.15, -0.1) is 0 Å². The number of nitro benzene ring substituents is 1. The molecule has 2 N–H and O–H groups in total. The summed E-state index contributed by atoms with van der Waals surface area (Å²) in [5, 5.41) is 22.7. The number of carbonyl (C=O) groups excluding carboxylic acids is 1. The summed E-state index contributed by atoms with van der Waals surface area (Å²) in [6.07, 6.45) is 1.90. The number of rotatable bonds is 6. The lowest BCUT2D eigenvalue weighted by Gasteiger charge is -2.19. The Balaban J connectivity index is 2.21. The van der Waals surface area contributed by atoms with Crippen molar-refractivity contribution in [2.24, 2.45) is 0 Å². The Morgan fingerprint density at radius 2 is 2.14 bits per heavy atom. The summed E-state index contributed by atoms with van der Waals surface area (Å²) in [6, 6.07) is 3.70. The van der Waals surface area contributed by atoms with Gasteiger partial charge >= 0.3 is 5.97 Å². The molecule has 0 radical (unpaired) electrons. The van der Waals surface area contributed by atoms with Gasteiger partial charge in [0.15, 0.2) is 0 Å². The summed E-state index contributed by atoms with van der Waals surface area (Å²) < 4.78 is 0. The lowest BCUT2D eigenvalue weighted by atomic mass is 10.1. The second-order valence-electron chi connectivity index (χ2n) is 4.96. The molecule has 1 aliphatic rings. The molecule has 0 spiro atoms. The number of likely N-dealkylation sites (N-methyl/N-ethyl adjacent to an activating group) is 1. The van der Waals surface area contributed by atoms with Gasteiger partial charge in [-0.3, -0.25) is 14.9 Å². The molecule has 1 aromatic rings. The Labute approximate surface area is 120 Å². The molecule has 0 saturated heterocycles. The summed E-state index contributed by atoms with van der Waals surface area (Å²) in [5.41, 5.74) is -0.197. The highest BCUT2D eigenvalue weighted by molar-refractivity contribution is 5.91.